The molecule has 1 atom stereocenters. The second kappa shape index (κ2) is 12.1. The molecule has 2 aromatic rings. The van der Waals surface area contributed by atoms with E-state index in [9.17, 15) is 0 Å². The van der Waals surface area contributed by atoms with Gasteiger partial charge in [0.25, 0.3) is 0 Å². The Labute approximate surface area is 228 Å². The van der Waals surface area contributed by atoms with Crippen LogP contribution in [0, 0.1) is 0 Å². The van der Waals surface area contributed by atoms with Gasteiger partial charge < -0.3 is 9.05 Å². The molecule has 0 bridgehead atoms. The summed E-state index contributed by atoms with van der Waals surface area (Å²) in [6.45, 7) is 23.4. The van der Waals surface area contributed by atoms with Crippen LogP contribution in [0.15, 0.2) is 30.3 Å². The van der Waals surface area contributed by atoms with Crippen LogP contribution in [-0.4, -0.2) is 6.61 Å². The minimum absolute atomic E-state index is 0.0446. The molecule has 0 aliphatic carbocycles. The van der Waals surface area contributed by atoms with Crippen molar-refractivity contribution in [1.29, 1.82) is 0 Å². The first-order valence-corrected chi connectivity index (χ1v) is 15.4. The number of hydrogen-bond donors (Lipinski definition) is 0. The van der Waals surface area contributed by atoms with Gasteiger partial charge in [-0.15, -0.1) is 0 Å². The van der Waals surface area contributed by atoms with Crippen LogP contribution in [0.2, 0.25) is 0 Å². The van der Waals surface area contributed by atoms with Gasteiger partial charge in [0.1, 0.15) is 11.5 Å². The van der Waals surface area contributed by atoms with Crippen molar-refractivity contribution in [3.63, 3.8) is 0 Å². The zero-order valence-corrected chi connectivity index (χ0v) is 26.1. The van der Waals surface area contributed by atoms with Crippen LogP contribution < -0.4 is 9.05 Å². The smallest absolute Gasteiger partial charge is 0.417 e. The second-order valence-electron chi connectivity index (χ2n) is 13.8. The van der Waals surface area contributed by atoms with Gasteiger partial charge in [0, 0.05) is 12.0 Å². The zero-order chi connectivity index (χ0) is 27.4. The summed E-state index contributed by atoms with van der Waals surface area (Å²) in [6, 6.07) is 11.3. The van der Waals surface area contributed by atoms with Crippen LogP contribution in [0.3, 0.4) is 0 Å². The molecule has 0 aromatic heterocycles. The Morgan fingerprint density at radius 3 is 1.95 bits per heavy atom. The van der Waals surface area contributed by atoms with Crippen molar-refractivity contribution in [1.82, 2.24) is 0 Å². The number of hydrogen-bond acceptors (Lipinski definition) is 3. The average Bonchev–Trinajstić information content (AvgIpc) is 2.76. The summed E-state index contributed by atoms with van der Waals surface area (Å²) in [5.41, 5.74) is 6.36. The molecule has 0 saturated carbocycles. The predicted octanol–water partition coefficient (Wildman–Crippen LogP) is 10.5. The van der Waals surface area contributed by atoms with E-state index in [-0.39, 0.29) is 16.2 Å². The van der Waals surface area contributed by atoms with Crippen molar-refractivity contribution < 1.29 is 13.6 Å². The molecular weight excluding hydrogens is 475 g/mol. The standard InChI is InChI=1S/C33H51O3P/c1-11-12-13-14-15-16-19-34-37-35-29-18-17-26(31(2,3)4)21-24(29)20-25-22-27(32(5,6)7)23-28(30(25)36-37)33(8,9)10/h17-18,21-23H,11-16,19-20H2,1-10H3. The fourth-order valence-electron chi connectivity index (χ4n) is 4.64. The predicted molar refractivity (Wildman–Crippen MR) is 159 cm³/mol. The summed E-state index contributed by atoms with van der Waals surface area (Å²) in [5, 5.41) is 0. The zero-order valence-electron chi connectivity index (χ0n) is 25.2. The van der Waals surface area contributed by atoms with Gasteiger partial charge in [0.05, 0.1) is 6.61 Å². The monoisotopic (exact) mass is 526 g/mol. The molecule has 2 aromatic carbocycles. The first-order chi connectivity index (χ1) is 17.2. The summed E-state index contributed by atoms with van der Waals surface area (Å²) < 4.78 is 19.5. The third-order valence-electron chi connectivity index (χ3n) is 7.18. The van der Waals surface area contributed by atoms with E-state index < -0.39 is 8.60 Å². The highest BCUT2D eigenvalue weighted by atomic mass is 31.2. The highest BCUT2D eigenvalue weighted by Gasteiger charge is 2.32. The molecule has 3 rings (SSSR count). The lowest BCUT2D eigenvalue weighted by molar-refractivity contribution is 0.255. The van der Waals surface area contributed by atoms with Gasteiger partial charge in [0.15, 0.2) is 0 Å². The highest BCUT2D eigenvalue weighted by molar-refractivity contribution is 7.42. The lowest BCUT2D eigenvalue weighted by Gasteiger charge is -2.32. The van der Waals surface area contributed by atoms with E-state index in [0.717, 1.165) is 24.3 Å². The first kappa shape index (κ1) is 30.0. The number of benzene rings is 2. The molecule has 0 amide bonds. The molecule has 37 heavy (non-hydrogen) atoms. The fourth-order valence-corrected chi connectivity index (χ4v) is 5.77. The van der Waals surface area contributed by atoms with Crippen molar-refractivity contribution in [2.45, 2.75) is 130 Å². The van der Waals surface area contributed by atoms with E-state index in [4.69, 9.17) is 13.6 Å². The molecule has 0 radical (unpaired) electrons. The Morgan fingerprint density at radius 1 is 0.703 bits per heavy atom. The SMILES string of the molecule is CCCCCCCCOP1Oc2ccc(C(C)(C)C)cc2Cc2cc(C(C)(C)C)cc(C(C)(C)C)c2O1. The summed E-state index contributed by atoms with van der Waals surface area (Å²) in [6.07, 6.45) is 8.16. The van der Waals surface area contributed by atoms with E-state index >= 15 is 0 Å². The Kier molecular flexibility index (Phi) is 9.79. The molecule has 1 unspecified atom stereocenters. The second-order valence-corrected chi connectivity index (χ2v) is 14.8. The summed E-state index contributed by atoms with van der Waals surface area (Å²) in [5.74, 6) is 1.83. The lowest BCUT2D eigenvalue weighted by Crippen LogP contribution is -2.20. The molecule has 0 saturated heterocycles. The van der Waals surface area contributed by atoms with Crippen molar-refractivity contribution in [3.8, 4) is 11.5 Å². The van der Waals surface area contributed by atoms with E-state index in [1.807, 2.05) is 0 Å². The number of fused-ring (bicyclic) bond motifs is 2. The first-order valence-electron chi connectivity index (χ1n) is 14.3. The molecule has 1 aliphatic rings. The molecule has 4 heteroatoms. The molecule has 0 N–H and O–H groups in total. The minimum atomic E-state index is -1.56. The van der Waals surface area contributed by atoms with Gasteiger partial charge in [-0.3, -0.25) is 4.52 Å². The molecule has 0 fully saturated rings. The molecule has 1 aliphatic heterocycles. The van der Waals surface area contributed by atoms with E-state index in [0.29, 0.717) is 6.61 Å². The topological polar surface area (TPSA) is 27.7 Å². The molecule has 3 nitrogen and oxygen atoms in total. The maximum atomic E-state index is 6.68. The van der Waals surface area contributed by atoms with E-state index in [2.05, 4.69) is 99.6 Å². The summed E-state index contributed by atoms with van der Waals surface area (Å²) in [7, 11) is -1.56. The third kappa shape index (κ3) is 8.21. The van der Waals surface area contributed by atoms with Crippen molar-refractivity contribution in [2.75, 3.05) is 6.61 Å². The van der Waals surface area contributed by atoms with Gasteiger partial charge >= 0.3 is 8.60 Å². The van der Waals surface area contributed by atoms with Crippen LogP contribution in [0.4, 0.5) is 0 Å². The third-order valence-corrected chi connectivity index (χ3v) is 8.25. The quantitative estimate of drug-likeness (QED) is 0.253. The Morgan fingerprint density at radius 2 is 1.32 bits per heavy atom. The van der Waals surface area contributed by atoms with Crippen LogP contribution >= 0.6 is 8.60 Å². The van der Waals surface area contributed by atoms with Crippen LogP contribution in [-0.2, 0) is 27.2 Å². The minimum Gasteiger partial charge on any atom is -0.417 e. The van der Waals surface area contributed by atoms with Gasteiger partial charge in [-0.2, -0.15) is 0 Å². The Balaban J connectivity index is 2.02. The van der Waals surface area contributed by atoms with Crippen molar-refractivity contribution in [2.24, 2.45) is 0 Å². The molecule has 206 valence electrons. The lowest BCUT2D eigenvalue weighted by atomic mass is 9.78. The van der Waals surface area contributed by atoms with Gasteiger partial charge in [-0.25, -0.2) is 0 Å². The molecule has 1 heterocycles. The summed E-state index contributed by atoms with van der Waals surface area (Å²) in [4.78, 5) is 0. The fraction of sp³-hybridized carbons (Fsp3) is 0.636. The maximum Gasteiger partial charge on any atom is 0.463 e. The van der Waals surface area contributed by atoms with Crippen LogP contribution in [0.25, 0.3) is 0 Å². The van der Waals surface area contributed by atoms with Crippen molar-refractivity contribution in [3.05, 3.63) is 58.1 Å². The molecular formula is C33H51O3P. The number of rotatable bonds is 8. The highest BCUT2D eigenvalue weighted by Crippen LogP contribution is 2.51. The Bertz CT molecular complexity index is 1040. The maximum absolute atomic E-state index is 6.68. The van der Waals surface area contributed by atoms with Crippen LogP contribution in [0.5, 0.6) is 11.5 Å². The normalized spacial score (nSPS) is 16.2. The van der Waals surface area contributed by atoms with Gasteiger partial charge in [-0.1, -0.05) is 126 Å². The van der Waals surface area contributed by atoms with Gasteiger partial charge in [-0.05, 0) is 51.0 Å². The van der Waals surface area contributed by atoms with Gasteiger partial charge in [0.2, 0.25) is 0 Å². The van der Waals surface area contributed by atoms with E-state index in [1.54, 1.807) is 0 Å². The summed E-state index contributed by atoms with van der Waals surface area (Å²) >= 11 is 0. The molecule has 0 spiro atoms. The van der Waals surface area contributed by atoms with Crippen molar-refractivity contribution >= 4 is 8.60 Å². The average molecular weight is 527 g/mol. The Hall–Kier alpha value is -1.57. The van der Waals surface area contributed by atoms with E-state index in [1.165, 1.54) is 59.9 Å². The largest absolute Gasteiger partial charge is 0.463 e. The number of unbranched alkanes of at least 4 members (excludes halogenated alkanes) is 5. The van der Waals surface area contributed by atoms with Crippen LogP contribution in [0.1, 0.15) is 136 Å².